The van der Waals surface area contributed by atoms with Crippen LogP contribution in [0.25, 0.3) is 0 Å². The van der Waals surface area contributed by atoms with Gasteiger partial charge in [0.2, 0.25) is 0 Å². The maximum Gasteiger partial charge on any atom is 0.543 e. The maximum atomic E-state index is 10.7. The summed E-state index contributed by atoms with van der Waals surface area (Å²) in [5.41, 5.74) is 0. The largest absolute Gasteiger partial charge is 0.543 e. The Morgan fingerprint density at radius 1 is 1.15 bits per heavy atom. The van der Waals surface area contributed by atoms with Crippen LogP contribution in [0.5, 0.6) is 0 Å². The van der Waals surface area contributed by atoms with Crippen molar-refractivity contribution in [2.75, 3.05) is 13.1 Å². The van der Waals surface area contributed by atoms with Gasteiger partial charge in [-0.25, -0.2) is 4.79 Å². The normalized spacial score (nSPS) is 18.5. The van der Waals surface area contributed by atoms with Gasteiger partial charge < -0.3 is 9.02 Å². The van der Waals surface area contributed by atoms with Crippen molar-refractivity contribution in [3.05, 3.63) is 0 Å². The SMILES string of the molecule is O=C(ON1CCCCC1)O[SH](=O)=O. The van der Waals surface area contributed by atoms with Gasteiger partial charge in [0.1, 0.15) is 0 Å². The van der Waals surface area contributed by atoms with E-state index in [0.29, 0.717) is 13.1 Å². The third kappa shape index (κ3) is 4.09. The van der Waals surface area contributed by atoms with E-state index in [1.54, 1.807) is 0 Å². The minimum Gasteiger partial charge on any atom is -0.335 e. The quantitative estimate of drug-likeness (QED) is 0.649. The number of thiol groups is 1. The number of hydrogen-bond donors (Lipinski definition) is 1. The van der Waals surface area contributed by atoms with Crippen LogP contribution in [0.1, 0.15) is 19.3 Å². The molecule has 0 spiro atoms. The first-order valence-corrected chi connectivity index (χ1v) is 5.07. The highest BCUT2D eigenvalue weighted by Gasteiger charge is 2.16. The lowest BCUT2D eigenvalue weighted by atomic mass is 10.2. The second kappa shape index (κ2) is 5.03. The van der Waals surface area contributed by atoms with Gasteiger partial charge in [-0.1, -0.05) is 6.42 Å². The van der Waals surface area contributed by atoms with E-state index in [-0.39, 0.29) is 0 Å². The van der Waals surface area contributed by atoms with Gasteiger partial charge >= 0.3 is 17.1 Å². The zero-order valence-electron chi connectivity index (χ0n) is 6.97. The van der Waals surface area contributed by atoms with Crippen LogP contribution in [0.3, 0.4) is 0 Å². The van der Waals surface area contributed by atoms with Crippen molar-refractivity contribution in [2.24, 2.45) is 0 Å². The minimum atomic E-state index is -3.17. The van der Waals surface area contributed by atoms with Crippen LogP contribution in [0.4, 0.5) is 4.79 Å². The third-order valence-corrected chi connectivity index (χ3v) is 1.97. The van der Waals surface area contributed by atoms with Crippen LogP contribution in [-0.4, -0.2) is 32.7 Å². The minimum absolute atomic E-state index is 0.630. The van der Waals surface area contributed by atoms with Crippen LogP contribution < -0.4 is 0 Å². The fourth-order valence-corrected chi connectivity index (χ4v) is 1.29. The molecule has 1 aliphatic heterocycles. The molecule has 0 aromatic heterocycles. The summed E-state index contributed by atoms with van der Waals surface area (Å²) in [6, 6.07) is 0. The lowest BCUT2D eigenvalue weighted by Gasteiger charge is -2.23. The Morgan fingerprint density at radius 2 is 1.77 bits per heavy atom. The van der Waals surface area contributed by atoms with Crippen LogP contribution in [-0.2, 0) is 20.0 Å². The highest BCUT2D eigenvalue weighted by atomic mass is 32.2. The predicted molar refractivity (Wildman–Crippen MR) is 43.3 cm³/mol. The molecule has 1 aliphatic rings. The molecule has 0 amide bonds. The number of carbonyl (C=O) groups is 1. The molecule has 0 N–H and O–H groups in total. The Labute approximate surface area is 77.5 Å². The first-order chi connectivity index (χ1) is 6.18. The highest BCUT2D eigenvalue weighted by molar-refractivity contribution is 7.67. The molecule has 0 aromatic carbocycles. The van der Waals surface area contributed by atoms with Gasteiger partial charge in [0, 0.05) is 13.1 Å². The van der Waals surface area contributed by atoms with Gasteiger partial charge in [-0.05, 0) is 12.8 Å². The molecule has 0 saturated carbocycles. The summed E-state index contributed by atoms with van der Waals surface area (Å²) in [6.07, 6.45) is 1.80. The van der Waals surface area contributed by atoms with E-state index in [2.05, 4.69) is 9.02 Å². The molecular formula is C6H11NO5S. The molecule has 0 unspecified atom stereocenters. The van der Waals surface area contributed by atoms with Gasteiger partial charge in [-0.15, -0.1) is 5.06 Å². The van der Waals surface area contributed by atoms with Crippen LogP contribution in [0.15, 0.2) is 0 Å². The van der Waals surface area contributed by atoms with Crippen molar-refractivity contribution in [1.29, 1.82) is 0 Å². The second-order valence-electron chi connectivity index (χ2n) is 2.65. The molecule has 0 bridgehead atoms. The molecule has 0 aromatic rings. The number of hydrogen-bond acceptors (Lipinski definition) is 6. The van der Waals surface area contributed by atoms with Crippen LogP contribution in [0, 0.1) is 0 Å². The van der Waals surface area contributed by atoms with E-state index in [4.69, 9.17) is 0 Å². The summed E-state index contributed by atoms with van der Waals surface area (Å²) in [7, 11) is -3.17. The van der Waals surface area contributed by atoms with Crippen LogP contribution in [0.2, 0.25) is 0 Å². The number of piperidine rings is 1. The van der Waals surface area contributed by atoms with Crippen molar-refractivity contribution in [3.8, 4) is 0 Å². The molecule has 76 valence electrons. The zero-order chi connectivity index (χ0) is 9.68. The van der Waals surface area contributed by atoms with Gasteiger partial charge in [-0.2, -0.15) is 8.42 Å². The Bertz CT molecular complexity index is 237. The van der Waals surface area contributed by atoms with E-state index in [9.17, 15) is 13.2 Å². The van der Waals surface area contributed by atoms with E-state index < -0.39 is 17.1 Å². The van der Waals surface area contributed by atoms with Crippen molar-refractivity contribution < 1.29 is 22.2 Å². The number of rotatable bonds is 2. The summed E-state index contributed by atoms with van der Waals surface area (Å²) in [5.74, 6) is 0. The highest BCUT2D eigenvalue weighted by Crippen LogP contribution is 2.09. The molecule has 1 rings (SSSR count). The van der Waals surface area contributed by atoms with E-state index in [0.717, 1.165) is 19.3 Å². The van der Waals surface area contributed by atoms with E-state index >= 15 is 0 Å². The summed E-state index contributed by atoms with van der Waals surface area (Å²) in [6.45, 7) is 1.26. The van der Waals surface area contributed by atoms with Gasteiger partial charge in [0.15, 0.2) is 0 Å². The first-order valence-electron chi connectivity index (χ1n) is 3.98. The molecule has 0 atom stereocenters. The third-order valence-electron chi connectivity index (χ3n) is 1.67. The fraction of sp³-hybridized carbons (Fsp3) is 0.833. The first kappa shape index (κ1) is 10.3. The molecule has 13 heavy (non-hydrogen) atoms. The van der Waals surface area contributed by atoms with Crippen molar-refractivity contribution >= 4 is 17.1 Å². The lowest BCUT2D eigenvalue weighted by Crippen LogP contribution is -2.32. The summed E-state index contributed by atoms with van der Waals surface area (Å²) >= 11 is 0. The molecule has 6 nitrogen and oxygen atoms in total. The average molecular weight is 209 g/mol. The monoisotopic (exact) mass is 209 g/mol. The number of carbonyl (C=O) groups excluding carboxylic acids is 1. The molecule has 1 fully saturated rings. The fourth-order valence-electron chi connectivity index (χ4n) is 1.14. The zero-order valence-corrected chi connectivity index (χ0v) is 7.87. The molecule has 0 aliphatic carbocycles. The average Bonchev–Trinajstić information content (AvgIpc) is 2.04. The van der Waals surface area contributed by atoms with Crippen LogP contribution >= 0.6 is 0 Å². The number of hydroxylamine groups is 2. The van der Waals surface area contributed by atoms with E-state index in [1.807, 2.05) is 0 Å². The Balaban J connectivity index is 2.26. The van der Waals surface area contributed by atoms with Crippen molar-refractivity contribution in [3.63, 3.8) is 0 Å². The maximum absolute atomic E-state index is 10.7. The molecule has 7 heteroatoms. The summed E-state index contributed by atoms with van der Waals surface area (Å²) in [4.78, 5) is 15.2. The Kier molecular flexibility index (Phi) is 3.97. The topological polar surface area (TPSA) is 72.9 Å². The Morgan fingerprint density at radius 3 is 2.31 bits per heavy atom. The smallest absolute Gasteiger partial charge is 0.335 e. The summed E-state index contributed by atoms with van der Waals surface area (Å²) in [5, 5.41) is 1.41. The summed E-state index contributed by atoms with van der Waals surface area (Å²) < 4.78 is 23.7. The lowest BCUT2D eigenvalue weighted by molar-refractivity contribution is -0.125. The van der Waals surface area contributed by atoms with E-state index in [1.165, 1.54) is 5.06 Å². The molecular weight excluding hydrogens is 198 g/mol. The molecule has 1 saturated heterocycles. The predicted octanol–water partition coefficient (Wildman–Crippen LogP) is 0.0669. The molecule has 1 heterocycles. The molecule has 0 radical (unpaired) electrons. The van der Waals surface area contributed by atoms with Crippen molar-refractivity contribution in [1.82, 2.24) is 5.06 Å². The second-order valence-corrected chi connectivity index (χ2v) is 3.28. The van der Waals surface area contributed by atoms with Crippen molar-refractivity contribution in [2.45, 2.75) is 19.3 Å². The van der Waals surface area contributed by atoms with Gasteiger partial charge in [0.25, 0.3) is 0 Å². The number of nitrogens with zero attached hydrogens (tertiary/aromatic N) is 1. The van der Waals surface area contributed by atoms with Gasteiger partial charge in [0.05, 0.1) is 0 Å². The Hall–Kier alpha value is -0.820. The van der Waals surface area contributed by atoms with Gasteiger partial charge in [-0.3, -0.25) is 0 Å². The standard InChI is InChI=1S/C6H11NO5S/c8-6(12-13(9)10)11-7-4-2-1-3-5-7/h13H,1-5H2.